The molecule has 1 aromatic heterocycles. The van der Waals surface area contributed by atoms with Gasteiger partial charge in [-0.15, -0.1) is 0 Å². The van der Waals surface area contributed by atoms with Crippen molar-refractivity contribution in [1.29, 1.82) is 0 Å². The number of piperidine rings is 1. The second-order valence-corrected chi connectivity index (χ2v) is 7.19. The fourth-order valence-corrected chi connectivity index (χ4v) is 3.27. The van der Waals surface area contributed by atoms with Crippen LogP contribution < -0.4 is 0 Å². The van der Waals surface area contributed by atoms with Crippen molar-refractivity contribution in [3.63, 3.8) is 0 Å². The van der Waals surface area contributed by atoms with Gasteiger partial charge in [-0.3, -0.25) is 9.48 Å². The highest BCUT2D eigenvalue weighted by molar-refractivity contribution is 5.86. The zero-order chi connectivity index (χ0) is 18.4. The van der Waals surface area contributed by atoms with Crippen LogP contribution in [0.15, 0.2) is 12.4 Å². The standard InChI is InChI=1S/C18H29N3O4/c1-13(2)10-14(3)25-9-6-17(22)20-7-4-16(5-8-20)21-12-15(11-19-21)18(23)24/h11-14,16H,4-10H2,1-3H3,(H,23,24). The van der Waals surface area contributed by atoms with Crippen LogP contribution in [0.1, 0.15) is 62.9 Å². The molecule has 0 spiro atoms. The van der Waals surface area contributed by atoms with Gasteiger partial charge in [0.25, 0.3) is 0 Å². The highest BCUT2D eigenvalue weighted by Gasteiger charge is 2.24. The molecule has 1 amide bonds. The predicted octanol–water partition coefficient (Wildman–Crippen LogP) is 2.59. The minimum absolute atomic E-state index is 0.127. The van der Waals surface area contributed by atoms with Crippen LogP contribution in [0.2, 0.25) is 0 Å². The van der Waals surface area contributed by atoms with Crippen LogP contribution in [0.4, 0.5) is 0 Å². The van der Waals surface area contributed by atoms with Gasteiger partial charge in [-0.1, -0.05) is 13.8 Å². The molecular weight excluding hydrogens is 322 g/mol. The first-order valence-electron chi connectivity index (χ1n) is 9.03. The van der Waals surface area contributed by atoms with E-state index < -0.39 is 5.97 Å². The Bertz CT molecular complexity index is 577. The molecule has 1 unspecified atom stereocenters. The maximum atomic E-state index is 12.3. The number of hydrogen-bond donors (Lipinski definition) is 1. The third kappa shape index (κ3) is 5.85. The summed E-state index contributed by atoms with van der Waals surface area (Å²) in [4.78, 5) is 25.1. The van der Waals surface area contributed by atoms with Crippen molar-refractivity contribution in [1.82, 2.24) is 14.7 Å². The Kier molecular flexibility index (Phi) is 6.99. The van der Waals surface area contributed by atoms with Gasteiger partial charge in [0.05, 0.1) is 36.9 Å². The number of rotatable bonds is 8. The molecule has 0 radical (unpaired) electrons. The number of likely N-dealkylation sites (tertiary alicyclic amines) is 1. The van der Waals surface area contributed by atoms with Gasteiger partial charge in [0.15, 0.2) is 0 Å². The topological polar surface area (TPSA) is 84.7 Å². The molecule has 1 N–H and O–H groups in total. The van der Waals surface area contributed by atoms with Crippen LogP contribution >= 0.6 is 0 Å². The molecule has 25 heavy (non-hydrogen) atoms. The van der Waals surface area contributed by atoms with E-state index in [9.17, 15) is 9.59 Å². The smallest absolute Gasteiger partial charge is 0.338 e. The highest BCUT2D eigenvalue weighted by Crippen LogP contribution is 2.22. The van der Waals surface area contributed by atoms with Gasteiger partial charge >= 0.3 is 5.97 Å². The van der Waals surface area contributed by atoms with Gasteiger partial charge < -0.3 is 14.7 Å². The summed E-state index contributed by atoms with van der Waals surface area (Å²) in [6, 6.07) is 0.152. The molecule has 2 heterocycles. The van der Waals surface area contributed by atoms with Crippen LogP contribution in [0, 0.1) is 5.92 Å². The number of carboxylic acids is 1. The van der Waals surface area contributed by atoms with Crippen LogP contribution in [-0.2, 0) is 9.53 Å². The summed E-state index contributed by atoms with van der Waals surface area (Å²) in [5.74, 6) is -0.249. The zero-order valence-electron chi connectivity index (χ0n) is 15.4. The Balaban J connectivity index is 1.71. The van der Waals surface area contributed by atoms with Crippen molar-refractivity contribution < 1.29 is 19.4 Å². The van der Waals surface area contributed by atoms with Gasteiger partial charge in [-0.25, -0.2) is 4.79 Å². The molecule has 140 valence electrons. The summed E-state index contributed by atoms with van der Waals surface area (Å²) >= 11 is 0. The van der Waals surface area contributed by atoms with Crippen molar-refractivity contribution in [2.24, 2.45) is 5.92 Å². The lowest BCUT2D eigenvalue weighted by molar-refractivity contribution is -0.134. The summed E-state index contributed by atoms with van der Waals surface area (Å²) in [6.07, 6.45) is 6.11. The Labute approximate surface area is 148 Å². The average Bonchev–Trinajstić information content (AvgIpc) is 3.04. The molecule has 0 saturated carbocycles. The Hall–Kier alpha value is -1.89. The molecule has 0 aliphatic carbocycles. The quantitative estimate of drug-likeness (QED) is 0.778. The van der Waals surface area contributed by atoms with Crippen LogP contribution in [0.3, 0.4) is 0 Å². The van der Waals surface area contributed by atoms with Crippen molar-refractivity contribution in [3.8, 4) is 0 Å². The number of aromatic nitrogens is 2. The van der Waals surface area contributed by atoms with Crippen LogP contribution in [0.25, 0.3) is 0 Å². The number of carboxylic acid groups (broad SMARTS) is 1. The van der Waals surface area contributed by atoms with E-state index in [4.69, 9.17) is 9.84 Å². The van der Waals surface area contributed by atoms with E-state index in [0.717, 1.165) is 19.3 Å². The highest BCUT2D eigenvalue weighted by atomic mass is 16.5. The summed E-state index contributed by atoms with van der Waals surface area (Å²) in [5.41, 5.74) is 0.200. The van der Waals surface area contributed by atoms with Gasteiger partial charge in [0, 0.05) is 19.3 Å². The molecule has 1 aromatic rings. The molecule has 1 aliphatic heterocycles. The van der Waals surface area contributed by atoms with E-state index in [0.29, 0.717) is 32.0 Å². The summed E-state index contributed by atoms with van der Waals surface area (Å²) in [5, 5.41) is 13.1. The van der Waals surface area contributed by atoms with E-state index in [1.807, 2.05) is 11.8 Å². The molecule has 0 aromatic carbocycles. The van der Waals surface area contributed by atoms with E-state index in [-0.39, 0.29) is 23.6 Å². The van der Waals surface area contributed by atoms with E-state index in [1.54, 1.807) is 10.9 Å². The first-order valence-corrected chi connectivity index (χ1v) is 9.03. The molecule has 1 fully saturated rings. The molecule has 7 heteroatoms. The maximum Gasteiger partial charge on any atom is 0.338 e. The van der Waals surface area contributed by atoms with Gasteiger partial charge in [0.2, 0.25) is 5.91 Å². The van der Waals surface area contributed by atoms with E-state index >= 15 is 0 Å². The lowest BCUT2D eigenvalue weighted by Gasteiger charge is -2.32. The molecule has 2 rings (SSSR count). The monoisotopic (exact) mass is 351 g/mol. The van der Waals surface area contributed by atoms with Crippen molar-refractivity contribution in [2.75, 3.05) is 19.7 Å². The van der Waals surface area contributed by atoms with Crippen LogP contribution in [-0.4, -0.2) is 57.5 Å². The van der Waals surface area contributed by atoms with E-state index in [1.165, 1.54) is 6.20 Å². The SMILES string of the molecule is CC(C)CC(C)OCCC(=O)N1CCC(n2cc(C(=O)O)cn2)CC1. The molecule has 1 atom stereocenters. The van der Waals surface area contributed by atoms with Crippen molar-refractivity contribution in [3.05, 3.63) is 18.0 Å². The molecule has 7 nitrogen and oxygen atoms in total. The van der Waals surface area contributed by atoms with Gasteiger partial charge in [0.1, 0.15) is 0 Å². The second kappa shape index (κ2) is 8.99. The van der Waals surface area contributed by atoms with Gasteiger partial charge in [-0.2, -0.15) is 5.10 Å². The molecule has 1 saturated heterocycles. The summed E-state index contributed by atoms with van der Waals surface area (Å²) in [6.45, 7) is 8.18. The number of ether oxygens (including phenoxy) is 1. The average molecular weight is 351 g/mol. The Morgan fingerprint density at radius 3 is 2.56 bits per heavy atom. The van der Waals surface area contributed by atoms with Crippen LogP contribution in [0.5, 0.6) is 0 Å². The maximum absolute atomic E-state index is 12.3. The minimum atomic E-state index is -0.967. The fraction of sp³-hybridized carbons (Fsp3) is 0.722. The Morgan fingerprint density at radius 2 is 2.00 bits per heavy atom. The van der Waals surface area contributed by atoms with Crippen molar-refractivity contribution in [2.45, 2.75) is 58.6 Å². The van der Waals surface area contributed by atoms with Gasteiger partial charge in [-0.05, 0) is 32.1 Å². The number of carbonyl (C=O) groups is 2. The second-order valence-electron chi connectivity index (χ2n) is 7.19. The Morgan fingerprint density at radius 1 is 1.32 bits per heavy atom. The number of nitrogens with zero attached hydrogens (tertiary/aromatic N) is 3. The molecule has 1 aliphatic rings. The number of hydrogen-bond acceptors (Lipinski definition) is 4. The van der Waals surface area contributed by atoms with E-state index in [2.05, 4.69) is 18.9 Å². The minimum Gasteiger partial charge on any atom is -0.478 e. The molecular formula is C18H29N3O4. The third-order valence-corrected chi connectivity index (χ3v) is 4.56. The summed E-state index contributed by atoms with van der Waals surface area (Å²) < 4.78 is 7.42. The number of amides is 1. The molecule has 0 bridgehead atoms. The first kappa shape index (κ1) is 19.4. The normalized spacial score (nSPS) is 17.0. The predicted molar refractivity (Wildman–Crippen MR) is 93.5 cm³/mol. The first-order chi connectivity index (χ1) is 11.9. The number of carbonyl (C=O) groups excluding carboxylic acids is 1. The fourth-order valence-electron chi connectivity index (χ4n) is 3.27. The lowest BCUT2D eigenvalue weighted by atomic mass is 10.0. The largest absolute Gasteiger partial charge is 0.478 e. The summed E-state index contributed by atoms with van der Waals surface area (Å²) in [7, 11) is 0. The van der Waals surface area contributed by atoms with Crippen molar-refractivity contribution >= 4 is 11.9 Å². The zero-order valence-corrected chi connectivity index (χ0v) is 15.4. The number of aromatic carboxylic acids is 1. The lowest BCUT2D eigenvalue weighted by Crippen LogP contribution is -2.39. The third-order valence-electron chi connectivity index (χ3n) is 4.56.